The highest BCUT2D eigenvalue weighted by atomic mass is 79.9. The Bertz CT molecular complexity index is 363. The summed E-state index contributed by atoms with van der Waals surface area (Å²) in [6.07, 6.45) is 3.46. The minimum atomic E-state index is 0.215. The van der Waals surface area contributed by atoms with Crippen LogP contribution in [0.4, 0.5) is 0 Å². The molecule has 0 radical (unpaired) electrons. The van der Waals surface area contributed by atoms with Crippen molar-refractivity contribution in [2.24, 2.45) is 0 Å². The van der Waals surface area contributed by atoms with Crippen molar-refractivity contribution in [3.05, 3.63) is 34.3 Å². The maximum absolute atomic E-state index is 11.8. The van der Waals surface area contributed by atoms with Crippen molar-refractivity contribution < 1.29 is 4.79 Å². The zero-order valence-electron chi connectivity index (χ0n) is 9.43. The molecular formula is C13H16BrClO. The molecule has 0 N–H and O–H groups in total. The molecule has 0 aliphatic rings. The van der Waals surface area contributed by atoms with Gasteiger partial charge in [0, 0.05) is 22.3 Å². The van der Waals surface area contributed by atoms with Gasteiger partial charge in [-0.05, 0) is 43.0 Å². The Hall–Kier alpha value is -0.340. The molecule has 0 aliphatic heterocycles. The van der Waals surface area contributed by atoms with E-state index in [-0.39, 0.29) is 5.78 Å². The van der Waals surface area contributed by atoms with Gasteiger partial charge in [0.15, 0.2) is 5.78 Å². The topological polar surface area (TPSA) is 17.1 Å². The van der Waals surface area contributed by atoms with E-state index in [1.54, 1.807) is 0 Å². The molecule has 0 atom stereocenters. The van der Waals surface area contributed by atoms with Crippen LogP contribution in [0.15, 0.2) is 18.2 Å². The second-order valence-corrected chi connectivity index (χ2v) is 4.93. The Labute approximate surface area is 110 Å². The third-order valence-corrected chi connectivity index (χ3v) is 3.47. The second-order valence-electron chi connectivity index (χ2n) is 3.73. The number of unbranched alkanes of at least 4 members (excludes halogenated alkanes) is 1. The number of hydrogen-bond donors (Lipinski definition) is 0. The Kier molecular flexibility index (Phi) is 6.07. The number of carbonyl (C=O) groups is 1. The van der Waals surface area contributed by atoms with Gasteiger partial charge in [-0.3, -0.25) is 4.79 Å². The summed E-state index contributed by atoms with van der Waals surface area (Å²) >= 11 is 9.37. The molecule has 1 rings (SSSR count). The van der Waals surface area contributed by atoms with Crippen LogP contribution in [-0.2, 0) is 6.42 Å². The number of alkyl halides is 1. The molecule has 1 aromatic rings. The van der Waals surface area contributed by atoms with Gasteiger partial charge in [-0.2, -0.15) is 0 Å². The first-order valence-electron chi connectivity index (χ1n) is 5.56. The smallest absolute Gasteiger partial charge is 0.162 e. The summed E-state index contributed by atoms with van der Waals surface area (Å²) in [6, 6.07) is 5.55. The van der Waals surface area contributed by atoms with Gasteiger partial charge in [-0.1, -0.05) is 34.5 Å². The minimum absolute atomic E-state index is 0.215. The molecule has 0 saturated heterocycles. The average molecular weight is 304 g/mol. The summed E-state index contributed by atoms with van der Waals surface area (Å²) in [5.41, 5.74) is 1.84. The van der Waals surface area contributed by atoms with Crippen LogP contribution in [-0.4, -0.2) is 11.1 Å². The monoisotopic (exact) mass is 302 g/mol. The molecule has 0 aromatic heterocycles. The first-order chi connectivity index (χ1) is 7.69. The molecule has 0 heterocycles. The van der Waals surface area contributed by atoms with Gasteiger partial charge in [0.1, 0.15) is 0 Å². The van der Waals surface area contributed by atoms with Gasteiger partial charge in [0.05, 0.1) is 0 Å². The largest absolute Gasteiger partial charge is 0.294 e. The third-order valence-electron chi connectivity index (χ3n) is 2.54. The number of aryl methyl sites for hydroxylation is 1. The van der Waals surface area contributed by atoms with E-state index in [0.29, 0.717) is 6.42 Å². The fourth-order valence-corrected chi connectivity index (χ4v) is 2.19. The highest BCUT2D eigenvalue weighted by Crippen LogP contribution is 2.19. The van der Waals surface area contributed by atoms with E-state index in [1.165, 1.54) is 0 Å². The van der Waals surface area contributed by atoms with Crippen molar-refractivity contribution in [1.82, 2.24) is 0 Å². The molecule has 0 spiro atoms. The Morgan fingerprint density at radius 2 is 2.12 bits per heavy atom. The summed E-state index contributed by atoms with van der Waals surface area (Å²) in [4.78, 5) is 11.8. The van der Waals surface area contributed by atoms with E-state index in [9.17, 15) is 4.79 Å². The van der Waals surface area contributed by atoms with Crippen LogP contribution in [0.2, 0.25) is 5.02 Å². The van der Waals surface area contributed by atoms with E-state index in [2.05, 4.69) is 15.9 Å². The Morgan fingerprint density at radius 3 is 2.75 bits per heavy atom. The molecule has 0 aliphatic carbocycles. The number of ketones is 1. The van der Waals surface area contributed by atoms with Gasteiger partial charge < -0.3 is 0 Å². The van der Waals surface area contributed by atoms with Crippen molar-refractivity contribution in [3.63, 3.8) is 0 Å². The average Bonchev–Trinajstić information content (AvgIpc) is 2.30. The Balaban J connectivity index is 2.68. The van der Waals surface area contributed by atoms with Crippen LogP contribution in [0.3, 0.4) is 0 Å². The van der Waals surface area contributed by atoms with Crippen LogP contribution in [0.1, 0.15) is 42.1 Å². The molecule has 88 valence electrons. The fraction of sp³-hybridized carbons (Fsp3) is 0.462. The van der Waals surface area contributed by atoms with E-state index in [1.807, 2.05) is 25.1 Å². The number of Topliss-reactive ketones (excluding diaryl/α,β-unsaturated/α-hetero) is 1. The lowest BCUT2D eigenvalue weighted by Crippen LogP contribution is -2.00. The second kappa shape index (κ2) is 7.08. The number of carbonyl (C=O) groups excluding carboxylic acids is 1. The summed E-state index contributed by atoms with van der Waals surface area (Å²) in [6.45, 7) is 2.04. The minimum Gasteiger partial charge on any atom is -0.294 e. The van der Waals surface area contributed by atoms with Gasteiger partial charge in [-0.15, -0.1) is 0 Å². The number of halogens is 2. The zero-order valence-corrected chi connectivity index (χ0v) is 11.8. The molecule has 3 heteroatoms. The lowest BCUT2D eigenvalue weighted by atomic mass is 10.0. The molecular weight excluding hydrogens is 287 g/mol. The lowest BCUT2D eigenvalue weighted by molar-refractivity contribution is 0.0980. The first kappa shape index (κ1) is 13.7. The van der Waals surface area contributed by atoms with Crippen LogP contribution in [0, 0.1) is 0 Å². The molecule has 0 amide bonds. The quantitative estimate of drug-likeness (QED) is 0.425. The summed E-state index contributed by atoms with van der Waals surface area (Å²) < 4.78 is 0. The van der Waals surface area contributed by atoms with Crippen LogP contribution in [0.25, 0.3) is 0 Å². The van der Waals surface area contributed by atoms with Crippen LogP contribution < -0.4 is 0 Å². The van der Waals surface area contributed by atoms with E-state index in [0.717, 1.165) is 40.7 Å². The summed E-state index contributed by atoms with van der Waals surface area (Å²) in [7, 11) is 0. The van der Waals surface area contributed by atoms with Crippen molar-refractivity contribution in [3.8, 4) is 0 Å². The molecule has 1 nitrogen and oxygen atoms in total. The zero-order chi connectivity index (χ0) is 12.0. The normalized spacial score (nSPS) is 10.4. The molecule has 16 heavy (non-hydrogen) atoms. The number of hydrogen-bond acceptors (Lipinski definition) is 1. The molecule has 0 fully saturated rings. The summed E-state index contributed by atoms with van der Waals surface area (Å²) in [5, 5.41) is 1.71. The predicted octanol–water partition coefficient (Wildman–Crippen LogP) is 4.65. The van der Waals surface area contributed by atoms with Crippen molar-refractivity contribution in [2.75, 3.05) is 5.33 Å². The predicted molar refractivity (Wildman–Crippen MR) is 72.8 cm³/mol. The van der Waals surface area contributed by atoms with Gasteiger partial charge in [-0.25, -0.2) is 0 Å². The number of rotatable bonds is 6. The van der Waals surface area contributed by atoms with Gasteiger partial charge >= 0.3 is 0 Å². The van der Waals surface area contributed by atoms with E-state index >= 15 is 0 Å². The van der Waals surface area contributed by atoms with Crippen molar-refractivity contribution >= 4 is 33.3 Å². The first-order valence-corrected chi connectivity index (χ1v) is 7.06. The molecule has 0 bridgehead atoms. The fourth-order valence-electron chi connectivity index (χ4n) is 1.54. The van der Waals surface area contributed by atoms with Gasteiger partial charge in [0.2, 0.25) is 0 Å². The highest BCUT2D eigenvalue weighted by molar-refractivity contribution is 9.09. The standard InChI is InChI=1S/C13H16BrClO/c1-2-10-9-11(6-7-12(10)15)13(16)5-3-4-8-14/h6-7,9H,2-5,8H2,1H3. The lowest BCUT2D eigenvalue weighted by Gasteiger charge is -2.05. The molecule has 0 saturated carbocycles. The molecule has 0 unspecified atom stereocenters. The third kappa shape index (κ3) is 3.91. The number of benzene rings is 1. The highest BCUT2D eigenvalue weighted by Gasteiger charge is 2.07. The maximum Gasteiger partial charge on any atom is 0.162 e. The van der Waals surface area contributed by atoms with Crippen LogP contribution >= 0.6 is 27.5 Å². The molecule has 1 aromatic carbocycles. The van der Waals surface area contributed by atoms with Crippen LogP contribution in [0.5, 0.6) is 0 Å². The van der Waals surface area contributed by atoms with Crippen molar-refractivity contribution in [1.29, 1.82) is 0 Å². The van der Waals surface area contributed by atoms with Crippen molar-refractivity contribution in [2.45, 2.75) is 32.6 Å². The van der Waals surface area contributed by atoms with E-state index in [4.69, 9.17) is 11.6 Å². The summed E-state index contributed by atoms with van der Waals surface area (Å²) in [5.74, 6) is 0.215. The van der Waals surface area contributed by atoms with E-state index < -0.39 is 0 Å². The van der Waals surface area contributed by atoms with Gasteiger partial charge in [0.25, 0.3) is 0 Å². The Morgan fingerprint density at radius 1 is 1.38 bits per heavy atom. The maximum atomic E-state index is 11.8. The SMILES string of the molecule is CCc1cc(C(=O)CCCCBr)ccc1Cl.